The van der Waals surface area contributed by atoms with Crippen LogP contribution < -0.4 is 4.74 Å². The summed E-state index contributed by atoms with van der Waals surface area (Å²) in [5, 5.41) is 0. The van der Waals surface area contributed by atoms with Crippen LogP contribution in [0.1, 0.15) is 37.4 Å². The Morgan fingerprint density at radius 3 is 2.33 bits per heavy atom. The summed E-state index contributed by atoms with van der Waals surface area (Å²) < 4.78 is 5.25. The van der Waals surface area contributed by atoms with Crippen molar-refractivity contribution in [1.82, 2.24) is 0 Å². The van der Waals surface area contributed by atoms with Crippen molar-refractivity contribution >= 4 is 11.6 Å². The molecule has 3 heteroatoms. The molecule has 0 radical (unpaired) electrons. The second-order valence-corrected chi connectivity index (χ2v) is 4.87. The van der Waals surface area contributed by atoms with Gasteiger partial charge in [0, 0.05) is 16.7 Å². The molecule has 0 spiro atoms. The maximum Gasteiger partial charge on any atom is 0.198 e. The number of carbonyl (C=O) groups is 2. The number of benzene rings is 2. The molecule has 0 amide bonds. The second kappa shape index (κ2) is 5.02. The van der Waals surface area contributed by atoms with Crippen LogP contribution in [0.3, 0.4) is 0 Å². The van der Waals surface area contributed by atoms with Crippen LogP contribution in [0.15, 0.2) is 49.1 Å². The Hall–Kier alpha value is -2.68. The molecule has 0 aromatic heterocycles. The van der Waals surface area contributed by atoms with Crippen molar-refractivity contribution in [1.29, 1.82) is 0 Å². The zero-order valence-electron chi connectivity index (χ0n) is 11.7. The standard InChI is InChI=1S/C18H14O3/c1-3-6-11-7-4-8-12-15(11)18(20)16-13(17(12)19)9-5-10-14(16)21-2/h3-5,7-10H,1,6H2,2H3. The Balaban J connectivity index is 2.31. The van der Waals surface area contributed by atoms with Crippen molar-refractivity contribution in [3.63, 3.8) is 0 Å². The van der Waals surface area contributed by atoms with E-state index in [4.69, 9.17) is 4.74 Å². The number of hydrogen-bond acceptors (Lipinski definition) is 3. The van der Waals surface area contributed by atoms with E-state index in [1.165, 1.54) is 7.11 Å². The Labute approximate surface area is 122 Å². The van der Waals surface area contributed by atoms with Crippen LogP contribution in [-0.2, 0) is 6.42 Å². The van der Waals surface area contributed by atoms with Crippen molar-refractivity contribution in [3.8, 4) is 5.75 Å². The number of fused-ring (bicyclic) bond motifs is 2. The third kappa shape index (κ3) is 1.89. The lowest BCUT2D eigenvalue weighted by Crippen LogP contribution is -2.23. The maximum absolute atomic E-state index is 12.9. The molecule has 21 heavy (non-hydrogen) atoms. The van der Waals surface area contributed by atoms with Crippen molar-refractivity contribution in [2.75, 3.05) is 7.11 Å². The quantitative estimate of drug-likeness (QED) is 0.691. The van der Waals surface area contributed by atoms with Gasteiger partial charge in [-0.3, -0.25) is 9.59 Å². The van der Waals surface area contributed by atoms with E-state index in [9.17, 15) is 9.59 Å². The minimum Gasteiger partial charge on any atom is -0.496 e. The van der Waals surface area contributed by atoms with Gasteiger partial charge in [-0.25, -0.2) is 0 Å². The van der Waals surface area contributed by atoms with E-state index < -0.39 is 0 Å². The SMILES string of the molecule is C=CCc1cccc2c1C(=O)c1c(OC)cccc1C2=O. The third-order valence-electron chi connectivity index (χ3n) is 3.70. The smallest absolute Gasteiger partial charge is 0.198 e. The van der Waals surface area contributed by atoms with Crippen LogP contribution in [0.4, 0.5) is 0 Å². The molecule has 0 heterocycles. The van der Waals surface area contributed by atoms with Crippen LogP contribution in [-0.4, -0.2) is 18.7 Å². The van der Waals surface area contributed by atoms with Gasteiger partial charge < -0.3 is 4.74 Å². The Morgan fingerprint density at radius 1 is 1.00 bits per heavy atom. The highest BCUT2D eigenvalue weighted by Gasteiger charge is 2.33. The van der Waals surface area contributed by atoms with Gasteiger partial charge in [-0.2, -0.15) is 0 Å². The van der Waals surface area contributed by atoms with Gasteiger partial charge in [0.15, 0.2) is 11.6 Å². The number of hydrogen-bond donors (Lipinski definition) is 0. The highest BCUT2D eigenvalue weighted by molar-refractivity contribution is 6.29. The fourth-order valence-electron chi connectivity index (χ4n) is 2.78. The summed E-state index contributed by atoms with van der Waals surface area (Å²) in [5.41, 5.74) is 2.51. The number of ketones is 2. The predicted molar refractivity (Wildman–Crippen MR) is 80.2 cm³/mol. The summed E-state index contributed by atoms with van der Waals surface area (Å²) in [4.78, 5) is 25.5. The van der Waals surface area contributed by atoms with Crippen LogP contribution >= 0.6 is 0 Å². The number of allylic oxidation sites excluding steroid dienone is 1. The largest absolute Gasteiger partial charge is 0.496 e. The molecule has 0 N–H and O–H groups in total. The summed E-state index contributed by atoms with van der Waals surface area (Å²) in [7, 11) is 1.50. The molecule has 1 aliphatic rings. The van der Waals surface area contributed by atoms with E-state index in [0.717, 1.165) is 5.56 Å². The Bertz CT molecular complexity index is 772. The molecule has 2 aromatic rings. The molecule has 0 unspecified atom stereocenters. The van der Waals surface area contributed by atoms with Crippen molar-refractivity contribution in [3.05, 3.63) is 76.9 Å². The van der Waals surface area contributed by atoms with Gasteiger partial charge in [-0.05, 0) is 18.1 Å². The van der Waals surface area contributed by atoms with E-state index in [2.05, 4.69) is 6.58 Å². The maximum atomic E-state index is 12.9. The van der Waals surface area contributed by atoms with E-state index in [0.29, 0.717) is 34.4 Å². The summed E-state index contributed by atoms with van der Waals surface area (Å²) in [5.74, 6) is 0.142. The molecule has 0 aliphatic heterocycles. The lowest BCUT2D eigenvalue weighted by Gasteiger charge is -2.21. The summed E-state index contributed by atoms with van der Waals surface area (Å²) >= 11 is 0. The van der Waals surface area contributed by atoms with Crippen molar-refractivity contribution in [2.24, 2.45) is 0 Å². The van der Waals surface area contributed by atoms with Gasteiger partial charge in [-0.1, -0.05) is 36.4 Å². The van der Waals surface area contributed by atoms with Crippen molar-refractivity contribution < 1.29 is 14.3 Å². The minimum absolute atomic E-state index is 0.135. The Morgan fingerprint density at radius 2 is 1.67 bits per heavy atom. The van der Waals surface area contributed by atoms with E-state index in [-0.39, 0.29) is 11.6 Å². The fraction of sp³-hybridized carbons (Fsp3) is 0.111. The second-order valence-electron chi connectivity index (χ2n) is 4.87. The molecular weight excluding hydrogens is 264 g/mol. The first kappa shape index (κ1) is 13.3. The molecule has 104 valence electrons. The predicted octanol–water partition coefficient (Wildman–Crippen LogP) is 3.20. The van der Waals surface area contributed by atoms with Gasteiger partial charge in [0.1, 0.15) is 5.75 Å². The minimum atomic E-state index is -0.158. The molecule has 3 rings (SSSR count). The first-order chi connectivity index (χ1) is 10.2. The van der Waals surface area contributed by atoms with Gasteiger partial charge >= 0.3 is 0 Å². The fourth-order valence-corrected chi connectivity index (χ4v) is 2.78. The average molecular weight is 278 g/mol. The van der Waals surface area contributed by atoms with Gasteiger partial charge in [0.25, 0.3) is 0 Å². The molecule has 3 nitrogen and oxygen atoms in total. The summed E-state index contributed by atoms with van der Waals surface area (Å²) in [6.45, 7) is 3.71. The lowest BCUT2D eigenvalue weighted by molar-refractivity contribution is 0.0976. The first-order valence-electron chi connectivity index (χ1n) is 6.68. The van der Waals surface area contributed by atoms with Crippen LogP contribution in [0.5, 0.6) is 5.75 Å². The monoisotopic (exact) mass is 278 g/mol. The molecule has 0 saturated heterocycles. The highest BCUT2D eigenvalue weighted by atomic mass is 16.5. The zero-order chi connectivity index (χ0) is 15.0. The summed E-state index contributed by atoms with van der Waals surface area (Å²) in [6.07, 6.45) is 2.28. The number of ether oxygens (including phenoxy) is 1. The molecule has 0 bridgehead atoms. The molecule has 0 atom stereocenters. The van der Waals surface area contributed by atoms with Crippen molar-refractivity contribution in [2.45, 2.75) is 6.42 Å². The van der Waals surface area contributed by atoms with E-state index >= 15 is 0 Å². The van der Waals surface area contributed by atoms with Gasteiger partial charge in [-0.15, -0.1) is 6.58 Å². The first-order valence-corrected chi connectivity index (χ1v) is 6.68. The lowest BCUT2D eigenvalue weighted by atomic mass is 9.81. The molecule has 1 aliphatic carbocycles. The molecule has 0 fully saturated rings. The number of methoxy groups -OCH3 is 1. The van der Waals surface area contributed by atoms with Crippen LogP contribution in [0.2, 0.25) is 0 Å². The molecular formula is C18H14O3. The Kier molecular flexibility index (Phi) is 3.18. The van der Waals surface area contributed by atoms with Gasteiger partial charge in [0.2, 0.25) is 0 Å². The van der Waals surface area contributed by atoms with E-state index in [1.54, 1.807) is 36.4 Å². The molecule has 0 saturated carbocycles. The van der Waals surface area contributed by atoms with Crippen LogP contribution in [0, 0.1) is 0 Å². The average Bonchev–Trinajstić information content (AvgIpc) is 2.52. The molecule has 2 aromatic carbocycles. The van der Waals surface area contributed by atoms with Crippen LogP contribution in [0.25, 0.3) is 0 Å². The third-order valence-corrected chi connectivity index (χ3v) is 3.70. The number of rotatable bonds is 3. The highest BCUT2D eigenvalue weighted by Crippen LogP contribution is 2.34. The summed E-state index contributed by atoms with van der Waals surface area (Å²) in [6, 6.07) is 10.4. The van der Waals surface area contributed by atoms with E-state index in [1.807, 2.05) is 6.07 Å². The number of carbonyl (C=O) groups excluding carboxylic acids is 2. The topological polar surface area (TPSA) is 43.4 Å². The normalized spacial score (nSPS) is 12.6. The van der Waals surface area contributed by atoms with Gasteiger partial charge in [0.05, 0.1) is 12.7 Å². The zero-order valence-corrected chi connectivity index (χ0v) is 11.7.